The van der Waals surface area contributed by atoms with Crippen molar-refractivity contribution in [2.45, 2.75) is 5.51 Å². The molecule has 0 aromatic heterocycles. The number of hydrogen-bond acceptors (Lipinski definition) is 3. The lowest BCUT2D eigenvalue weighted by Crippen LogP contribution is -2.23. The maximum absolute atomic E-state index is 12.6. The van der Waals surface area contributed by atoms with Crippen LogP contribution in [0.4, 0.5) is 13.2 Å². The molecule has 0 radical (unpaired) electrons. The Labute approximate surface area is 132 Å². The van der Waals surface area contributed by atoms with Crippen molar-refractivity contribution in [3.63, 3.8) is 0 Å². The monoisotopic (exact) mass is 358 g/mol. The summed E-state index contributed by atoms with van der Waals surface area (Å²) < 4.78 is 64.8. The zero-order chi connectivity index (χ0) is 16.7. The Morgan fingerprint density at radius 3 is 1.52 bits per heavy atom. The summed E-state index contributed by atoms with van der Waals surface area (Å²) in [7, 11) is -7.59. The van der Waals surface area contributed by atoms with Gasteiger partial charge in [0.15, 0.2) is 0 Å². The van der Waals surface area contributed by atoms with Gasteiger partial charge in [-0.05, 0) is 11.1 Å². The van der Waals surface area contributed by atoms with Gasteiger partial charge in [-0.1, -0.05) is 60.7 Å². The van der Waals surface area contributed by atoms with Crippen molar-refractivity contribution in [2.24, 2.45) is 0 Å². The predicted octanol–water partition coefficient (Wildman–Crippen LogP) is 4.79. The summed E-state index contributed by atoms with van der Waals surface area (Å²) >= 11 is 0. The second-order valence-electron chi connectivity index (χ2n) is 4.70. The molecule has 1 aliphatic rings. The van der Waals surface area contributed by atoms with Gasteiger partial charge in [0.05, 0.1) is 0 Å². The highest BCUT2D eigenvalue weighted by atomic mass is 32.2. The molecule has 0 aliphatic carbocycles. The smallest absolute Gasteiger partial charge is 0.231 e. The Bertz CT molecular complexity index is 797. The maximum atomic E-state index is 12.6. The largest absolute Gasteiger partial charge is 0.523 e. The van der Waals surface area contributed by atoms with Gasteiger partial charge in [-0.25, -0.2) is 3.97 Å². The van der Waals surface area contributed by atoms with Crippen LogP contribution in [0.5, 0.6) is 0 Å². The molecule has 0 amide bonds. The molecule has 0 atom stereocenters. The van der Waals surface area contributed by atoms with Crippen LogP contribution in [-0.4, -0.2) is 13.9 Å². The average molecular weight is 358 g/mol. The molecule has 0 bridgehead atoms. The van der Waals surface area contributed by atoms with Crippen LogP contribution in [0.15, 0.2) is 60.7 Å². The minimum absolute atomic E-state index is 0.514. The molecule has 1 aliphatic heterocycles. The summed E-state index contributed by atoms with van der Waals surface area (Å²) in [4.78, 5) is 0. The van der Waals surface area contributed by atoms with Gasteiger partial charge in [0.1, 0.15) is 8.15 Å². The van der Waals surface area contributed by atoms with Crippen molar-refractivity contribution in [1.82, 2.24) is 0 Å². The van der Waals surface area contributed by atoms with Crippen LogP contribution in [0.3, 0.4) is 0 Å². The fraction of sp³-hybridized carbons (Fsp3) is 0.0667. The number of alkyl halides is 3. The summed E-state index contributed by atoms with van der Waals surface area (Å²) in [5.74, 6) is 0. The molecule has 2 aromatic carbocycles. The Morgan fingerprint density at radius 2 is 1.17 bits per heavy atom. The average Bonchev–Trinajstić information content (AvgIpc) is 3.21. The van der Waals surface area contributed by atoms with Gasteiger partial charge in [0, 0.05) is 10.6 Å². The van der Waals surface area contributed by atoms with E-state index in [4.69, 9.17) is 0 Å². The quantitative estimate of drug-likeness (QED) is 0.583. The first-order valence-electron chi connectivity index (χ1n) is 6.47. The van der Waals surface area contributed by atoms with E-state index >= 15 is 0 Å². The molecule has 0 saturated heterocycles. The van der Waals surface area contributed by atoms with Gasteiger partial charge in [-0.15, -0.1) is 0 Å². The minimum atomic E-state index is -5.63. The molecular formula is C15H10F3O3PS. The van der Waals surface area contributed by atoms with Crippen molar-refractivity contribution in [3.8, 4) is 0 Å². The maximum Gasteiger partial charge on any atom is 0.523 e. The highest BCUT2D eigenvalue weighted by Gasteiger charge is 2.53. The van der Waals surface area contributed by atoms with E-state index in [9.17, 15) is 21.6 Å². The Kier molecular flexibility index (Phi) is 4.04. The lowest BCUT2D eigenvalue weighted by Gasteiger charge is -2.08. The van der Waals surface area contributed by atoms with Gasteiger partial charge in [0.2, 0.25) is 0 Å². The lowest BCUT2D eigenvalue weighted by atomic mass is 10.1. The third-order valence-electron chi connectivity index (χ3n) is 3.13. The third kappa shape index (κ3) is 3.17. The molecule has 0 fully saturated rings. The van der Waals surface area contributed by atoms with E-state index in [-0.39, 0.29) is 0 Å². The van der Waals surface area contributed by atoms with Crippen LogP contribution < -0.4 is 0 Å². The van der Waals surface area contributed by atoms with Crippen LogP contribution in [0.1, 0.15) is 11.1 Å². The van der Waals surface area contributed by atoms with Crippen LogP contribution in [0.2, 0.25) is 0 Å². The molecule has 0 saturated carbocycles. The summed E-state index contributed by atoms with van der Waals surface area (Å²) in [5, 5.41) is 1.03. The third-order valence-corrected chi connectivity index (χ3v) is 6.63. The number of hydrogen-bond donors (Lipinski definition) is 0. The van der Waals surface area contributed by atoms with Crippen molar-refractivity contribution in [3.05, 3.63) is 71.8 Å². The molecule has 0 N–H and O–H groups in total. The zero-order valence-electron chi connectivity index (χ0n) is 11.5. The minimum Gasteiger partial charge on any atom is -0.231 e. The summed E-state index contributed by atoms with van der Waals surface area (Å²) in [6.07, 6.45) is 0. The molecule has 120 valence electrons. The molecule has 3 rings (SSSR count). The second-order valence-corrected chi connectivity index (χ2v) is 8.15. The highest BCUT2D eigenvalue weighted by Crippen LogP contribution is 2.79. The van der Waals surface area contributed by atoms with E-state index in [2.05, 4.69) is 3.97 Å². The molecule has 8 heteroatoms. The molecule has 3 nitrogen and oxygen atoms in total. The van der Waals surface area contributed by atoms with Gasteiger partial charge < -0.3 is 0 Å². The predicted molar refractivity (Wildman–Crippen MR) is 82.7 cm³/mol. The van der Waals surface area contributed by atoms with Gasteiger partial charge >= 0.3 is 15.6 Å². The van der Waals surface area contributed by atoms with Gasteiger partial charge in [-0.3, -0.25) is 0 Å². The lowest BCUT2D eigenvalue weighted by molar-refractivity contribution is -0.0495. The second kappa shape index (κ2) is 5.74. The fourth-order valence-corrected chi connectivity index (χ4v) is 5.23. The first kappa shape index (κ1) is 16.2. The van der Waals surface area contributed by atoms with Crippen LogP contribution >= 0.6 is 8.15 Å². The molecule has 0 spiro atoms. The topological polar surface area (TPSA) is 43.4 Å². The van der Waals surface area contributed by atoms with E-state index in [1.54, 1.807) is 60.7 Å². The first-order chi connectivity index (χ1) is 10.8. The number of halogens is 3. The Hall–Kier alpha value is -1.69. The van der Waals surface area contributed by atoms with Crippen molar-refractivity contribution < 1.29 is 25.6 Å². The van der Waals surface area contributed by atoms with Crippen molar-refractivity contribution >= 4 is 28.9 Å². The normalized spacial score (nSPS) is 15.8. The van der Waals surface area contributed by atoms with E-state index in [0.29, 0.717) is 21.8 Å². The SMILES string of the molecule is O=S(=O)(OP1C(c2ccccc2)=C1c1ccccc1)C(F)(F)F. The van der Waals surface area contributed by atoms with Crippen molar-refractivity contribution in [2.75, 3.05) is 0 Å². The van der Waals surface area contributed by atoms with Crippen molar-refractivity contribution in [1.29, 1.82) is 0 Å². The van der Waals surface area contributed by atoms with E-state index in [1.165, 1.54) is 0 Å². The summed E-state index contributed by atoms with van der Waals surface area (Å²) in [5.41, 5.74) is -4.11. The number of rotatable bonds is 4. The van der Waals surface area contributed by atoms with Crippen LogP contribution in [0, 0.1) is 0 Å². The number of benzene rings is 2. The molecule has 23 heavy (non-hydrogen) atoms. The molecule has 0 unspecified atom stereocenters. The molecule has 1 heterocycles. The van der Waals surface area contributed by atoms with E-state index in [1.807, 2.05) is 0 Å². The molecular weight excluding hydrogens is 348 g/mol. The Balaban J connectivity index is 1.97. The van der Waals surface area contributed by atoms with E-state index < -0.39 is 23.8 Å². The fourth-order valence-electron chi connectivity index (χ4n) is 2.06. The standard InChI is InChI=1S/C15H10F3O3PS/c16-15(17,18)23(19,20)21-22-13(11-7-3-1-4-8-11)14(22)12-9-5-2-6-10-12/h1-10H. The first-order valence-corrected chi connectivity index (χ1v) is 9.14. The Morgan fingerprint density at radius 1 is 0.783 bits per heavy atom. The zero-order valence-corrected chi connectivity index (χ0v) is 13.2. The van der Waals surface area contributed by atoms with Gasteiger partial charge in [0.25, 0.3) is 0 Å². The van der Waals surface area contributed by atoms with Gasteiger partial charge in [-0.2, -0.15) is 21.6 Å². The summed E-state index contributed by atoms with van der Waals surface area (Å²) in [6, 6.07) is 17.3. The van der Waals surface area contributed by atoms with Crippen LogP contribution in [-0.2, 0) is 14.1 Å². The molecule has 2 aromatic rings. The summed E-state index contributed by atoms with van der Waals surface area (Å²) in [6.45, 7) is 0. The highest BCUT2D eigenvalue weighted by molar-refractivity contribution is 7.98. The van der Waals surface area contributed by atoms with Crippen LogP contribution in [0.25, 0.3) is 10.6 Å². The van der Waals surface area contributed by atoms with E-state index in [0.717, 1.165) is 0 Å².